The van der Waals surface area contributed by atoms with E-state index in [1.165, 1.54) is 0 Å². The van der Waals surface area contributed by atoms with Crippen molar-refractivity contribution in [3.63, 3.8) is 0 Å². The number of hydrogen-bond donors (Lipinski definition) is 0. The van der Waals surface area contributed by atoms with E-state index in [1.807, 2.05) is 72.8 Å². The summed E-state index contributed by atoms with van der Waals surface area (Å²) in [6, 6.07) is 22.9. The number of carbonyl (C=O) groups excluding carboxylic acids is 1. The van der Waals surface area contributed by atoms with Gasteiger partial charge in [-0.25, -0.2) is 4.79 Å². The van der Waals surface area contributed by atoms with Crippen molar-refractivity contribution in [1.82, 2.24) is 0 Å². The lowest BCUT2D eigenvalue weighted by molar-refractivity contribution is -0.138. The van der Waals surface area contributed by atoms with Gasteiger partial charge in [-0.2, -0.15) is 5.26 Å². The first-order chi connectivity index (χ1) is 13.4. The molecule has 0 spiro atoms. The predicted octanol–water partition coefficient (Wildman–Crippen LogP) is 5.84. The Kier molecular flexibility index (Phi) is 7.98. The minimum absolute atomic E-state index is 0.0114. The van der Waals surface area contributed by atoms with Crippen LogP contribution in [0, 0.1) is 11.3 Å². The molecule has 0 unspecified atom stereocenters. The van der Waals surface area contributed by atoms with Gasteiger partial charge in [0, 0.05) is 8.07 Å². The van der Waals surface area contributed by atoms with E-state index in [0.29, 0.717) is 6.61 Å². The monoisotopic (exact) mass is 389 g/mol. The highest BCUT2D eigenvalue weighted by molar-refractivity contribution is 6.76. The Balaban J connectivity index is 2.19. The highest BCUT2D eigenvalue weighted by atomic mass is 28.3. The molecule has 0 saturated heterocycles. The lowest BCUT2D eigenvalue weighted by Gasteiger charge is -2.14. The molecule has 0 bridgehead atoms. The maximum atomic E-state index is 12.3. The molecule has 0 aliphatic heterocycles. The minimum Gasteiger partial charge on any atom is -0.462 e. The van der Waals surface area contributed by atoms with Gasteiger partial charge in [-0.3, -0.25) is 0 Å². The van der Waals surface area contributed by atoms with Crippen LogP contribution in [0.3, 0.4) is 0 Å². The molecule has 0 fully saturated rings. The molecule has 0 aliphatic carbocycles. The van der Waals surface area contributed by atoms with Gasteiger partial charge in [-0.05, 0) is 29.2 Å². The fourth-order valence-corrected chi connectivity index (χ4v) is 3.96. The van der Waals surface area contributed by atoms with Crippen LogP contribution in [0.1, 0.15) is 17.5 Å². The molecule has 28 heavy (non-hydrogen) atoms. The van der Waals surface area contributed by atoms with Crippen LogP contribution in [0.2, 0.25) is 25.7 Å². The number of hydrogen-bond acceptors (Lipinski definition) is 3. The third-order valence-electron chi connectivity index (χ3n) is 4.23. The Labute approximate surface area is 169 Å². The molecule has 2 aromatic carbocycles. The van der Waals surface area contributed by atoms with Crippen LogP contribution in [0.5, 0.6) is 0 Å². The summed E-state index contributed by atoms with van der Waals surface area (Å²) in [6.07, 6.45) is 4.21. The van der Waals surface area contributed by atoms with E-state index in [0.717, 1.165) is 29.2 Å². The molecule has 0 N–H and O–H groups in total. The quantitative estimate of drug-likeness (QED) is 0.142. The number of esters is 1. The van der Waals surface area contributed by atoms with Crippen molar-refractivity contribution < 1.29 is 9.53 Å². The van der Waals surface area contributed by atoms with Gasteiger partial charge in [0.05, 0.1) is 6.61 Å². The number of benzene rings is 2. The van der Waals surface area contributed by atoms with Gasteiger partial charge in [0.25, 0.3) is 0 Å². The fourth-order valence-electron chi connectivity index (χ4n) is 2.76. The Bertz CT molecular complexity index is 831. The van der Waals surface area contributed by atoms with E-state index < -0.39 is 14.0 Å². The van der Waals surface area contributed by atoms with Gasteiger partial charge in [-0.15, -0.1) is 0 Å². The second kappa shape index (κ2) is 10.4. The van der Waals surface area contributed by atoms with Crippen molar-refractivity contribution >= 4 is 19.6 Å². The molecule has 0 aromatic heterocycles. The smallest absolute Gasteiger partial charge is 0.348 e. The van der Waals surface area contributed by atoms with E-state index in [9.17, 15) is 10.1 Å². The Morgan fingerprint density at radius 3 is 1.96 bits per heavy atom. The van der Waals surface area contributed by atoms with Crippen molar-refractivity contribution in [2.24, 2.45) is 0 Å². The standard InChI is InChI=1S/C24H27NO2Si/c1-28(2,3)18-10-17-27-24(26)22(19-25)15-16-23(20-11-6-4-7-12-20)21-13-8-5-9-14-21/h4-9,11-16H,10,17-18H2,1-3H3. The number of nitrogens with zero attached hydrogens (tertiary/aromatic N) is 1. The number of nitriles is 1. The summed E-state index contributed by atoms with van der Waals surface area (Å²) in [6.45, 7) is 7.22. The Hall–Kier alpha value is -2.90. The molecular formula is C24H27NO2Si. The van der Waals surface area contributed by atoms with E-state index in [4.69, 9.17) is 4.74 Å². The first-order valence-electron chi connectivity index (χ1n) is 9.51. The maximum absolute atomic E-state index is 12.3. The van der Waals surface area contributed by atoms with Crippen molar-refractivity contribution in [2.45, 2.75) is 32.1 Å². The predicted molar refractivity (Wildman–Crippen MR) is 117 cm³/mol. The molecule has 0 atom stereocenters. The van der Waals surface area contributed by atoms with E-state index in [1.54, 1.807) is 6.08 Å². The first kappa shape index (κ1) is 21.4. The number of ether oxygens (including phenoxy) is 1. The van der Waals surface area contributed by atoms with Gasteiger partial charge in [-0.1, -0.05) is 92.4 Å². The van der Waals surface area contributed by atoms with Crippen LogP contribution in [0.25, 0.3) is 5.57 Å². The minimum atomic E-state index is -1.15. The molecule has 4 heteroatoms. The van der Waals surface area contributed by atoms with Gasteiger partial charge in [0.2, 0.25) is 0 Å². The van der Waals surface area contributed by atoms with Crippen molar-refractivity contribution in [2.75, 3.05) is 6.61 Å². The third-order valence-corrected chi connectivity index (χ3v) is 6.08. The topological polar surface area (TPSA) is 50.1 Å². The van der Waals surface area contributed by atoms with Crippen LogP contribution in [0.4, 0.5) is 0 Å². The maximum Gasteiger partial charge on any atom is 0.348 e. The molecule has 0 aliphatic rings. The van der Waals surface area contributed by atoms with Crippen LogP contribution in [0.15, 0.2) is 78.4 Å². The molecule has 0 saturated carbocycles. The van der Waals surface area contributed by atoms with Gasteiger partial charge in [0.1, 0.15) is 11.6 Å². The second-order valence-corrected chi connectivity index (χ2v) is 13.4. The Morgan fingerprint density at radius 1 is 0.964 bits per heavy atom. The summed E-state index contributed by atoms with van der Waals surface area (Å²) in [5.41, 5.74) is 2.99. The summed E-state index contributed by atoms with van der Waals surface area (Å²) < 4.78 is 5.30. The lowest BCUT2D eigenvalue weighted by Crippen LogP contribution is -2.20. The van der Waals surface area contributed by atoms with E-state index in [2.05, 4.69) is 19.6 Å². The van der Waals surface area contributed by atoms with Crippen LogP contribution < -0.4 is 0 Å². The average molecular weight is 390 g/mol. The van der Waals surface area contributed by atoms with Gasteiger partial charge >= 0.3 is 5.97 Å². The summed E-state index contributed by atoms with van der Waals surface area (Å²) in [5.74, 6) is -0.560. The fraction of sp³-hybridized carbons (Fsp3) is 0.250. The summed E-state index contributed by atoms with van der Waals surface area (Å²) in [7, 11) is -1.15. The number of rotatable bonds is 8. The highest BCUT2D eigenvalue weighted by Gasteiger charge is 2.14. The molecular weight excluding hydrogens is 362 g/mol. The molecule has 2 rings (SSSR count). The molecule has 0 heterocycles. The third kappa shape index (κ3) is 7.01. The molecule has 0 radical (unpaired) electrons. The van der Waals surface area contributed by atoms with E-state index >= 15 is 0 Å². The Morgan fingerprint density at radius 2 is 1.50 bits per heavy atom. The van der Waals surface area contributed by atoms with Crippen molar-refractivity contribution in [3.8, 4) is 6.07 Å². The summed E-state index contributed by atoms with van der Waals surface area (Å²) >= 11 is 0. The van der Waals surface area contributed by atoms with Crippen molar-refractivity contribution in [1.29, 1.82) is 5.26 Å². The zero-order valence-corrected chi connectivity index (χ0v) is 17.8. The van der Waals surface area contributed by atoms with E-state index in [-0.39, 0.29) is 5.57 Å². The van der Waals surface area contributed by atoms with Crippen LogP contribution in [-0.2, 0) is 9.53 Å². The van der Waals surface area contributed by atoms with Crippen LogP contribution >= 0.6 is 0 Å². The molecule has 2 aromatic rings. The average Bonchev–Trinajstić information content (AvgIpc) is 2.69. The van der Waals surface area contributed by atoms with Gasteiger partial charge in [0.15, 0.2) is 0 Å². The first-order valence-corrected chi connectivity index (χ1v) is 13.2. The molecule has 0 amide bonds. The number of carbonyl (C=O) groups is 1. The van der Waals surface area contributed by atoms with Crippen molar-refractivity contribution in [3.05, 3.63) is 89.5 Å². The second-order valence-electron chi connectivity index (χ2n) is 7.80. The number of allylic oxidation sites excluding steroid dienone is 2. The highest BCUT2D eigenvalue weighted by Crippen LogP contribution is 2.23. The largest absolute Gasteiger partial charge is 0.462 e. The lowest BCUT2D eigenvalue weighted by atomic mass is 9.97. The molecule has 144 valence electrons. The normalized spacial score (nSPS) is 11.4. The molecule has 3 nitrogen and oxygen atoms in total. The zero-order valence-electron chi connectivity index (χ0n) is 16.8. The summed E-state index contributed by atoms with van der Waals surface area (Å²) in [4.78, 5) is 12.3. The van der Waals surface area contributed by atoms with Gasteiger partial charge < -0.3 is 4.74 Å². The SMILES string of the molecule is C[Si](C)(C)CCCOC(=O)C(C#N)=CC=C(c1ccccc1)c1ccccc1. The summed E-state index contributed by atoms with van der Waals surface area (Å²) in [5, 5.41) is 9.39. The van der Waals surface area contributed by atoms with Crippen LogP contribution in [-0.4, -0.2) is 20.7 Å². The zero-order chi connectivity index (χ0) is 20.4.